The van der Waals surface area contributed by atoms with Gasteiger partial charge in [0.1, 0.15) is 6.04 Å². The first-order valence-electron chi connectivity index (χ1n) is 12.1. The van der Waals surface area contributed by atoms with E-state index in [4.69, 9.17) is 34.8 Å². The summed E-state index contributed by atoms with van der Waals surface area (Å²) in [5.74, 6) is -0.524. The predicted molar refractivity (Wildman–Crippen MR) is 152 cm³/mol. The molecule has 11 heteroatoms. The Morgan fingerprint density at radius 3 is 2.24 bits per heavy atom. The first-order chi connectivity index (χ1) is 17.4. The van der Waals surface area contributed by atoms with Crippen LogP contribution in [0.25, 0.3) is 0 Å². The molecular formula is C26H34Cl3N3O4S. The number of carbonyl (C=O) groups is 2. The van der Waals surface area contributed by atoms with Crippen LogP contribution < -0.4 is 9.62 Å². The lowest BCUT2D eigenvalue weighted by molar-refractivity contribution is -0.141. The molecule has 2 rings (SSSR count). The molecule has 7 nitrogen and oxygen atoms in total. The van der Waals surface area contributed by atoms with E-state index in [1.807, 2.05) is 20.8 Å². The number of benzene rings is 2. The van der Waals surface area contributed by atoms with E-state index < -0.39 is 16.1 Å². The molecule has 0 heterocycles. The van der Waals surface area contributed by atoms with Crippen molar-refractivity contribution in [3.05, 3.63) is 63.1 Å². The molecule has 0 saturated heterocycles. The number of sulfonamides is 1. The van der Waals surface area contributed by atoms with Crippen molar-refractivity contribution in [2.45, 2.75) is 65.1 Å². The smallest absolute Gasteiger partial charge is 0.243 e. The third-order valence-corrected chi connectivity index (χ3v) is 8.01. The van der Waals surface area contributed by atoms with E-state index in [-0.39, 0.29) is 43.8 Å². The first kappa shape index (κ1) is 31.2. The number of amides is 2. The quantitative estimate of drug-likeness (QED) is 0.314. The van der Waals surface area contributed by atoms with Gasteiger partial charge in [-0.15, -0.1) is 0 Å². The van der Waals surface area contributed by atoms with Gasteiger partial charge in [0.05, 0.1) is 11.9 Å². The maximum Gasteiger partial charge on any atom is 0.243 e. The van der Waals surface area contributed by atoms with Crippen LogP contribution in [0.15, 0.2) is 42.5 Å². The van der Waals surface area contributed by atoms with Gasteiger partial charge in [0, 0.05) is 40.6 Å². The number of rotatable bonds is 13. The van der Waals surface area contributed by atoms with E-state index in [2.05, 4.69) is 5.32 Å². The summed E-state index contributed by atoms with van der Waals surface area (Å²) in [6.07, 6.45) is 2.54. The highest BCUT2D eigenvalue weighted by Gasteiger charge is 2.30. The Morgan fingerprint density at radius 1 is 1.00 bits per heavy atom. The molecule has 0 aliphatic rings. The van der Waals surface area contributed by atoms with Gasteiger partial charge in [-0.1, -0.05) is 60.8 Å². The number of anilines is 1. The maximum absolute atomic E-state index is 13.5. The molecule has 0 radical (unpaired) electrons. The third kappa shape index (κ3) is 9.36. The number of hydrogen-bond donors (Lipinski definition) is 1. The molecule has 2 atom stereocenters. The fraction of sp³-hybridized carbons (Fsp3) is 0.462. The van der Waals surface area contributed by atoms with E-state index in [9.17, 15) is 18.0 Å². The van der Waals surface area contributed by atoms with Crippen molar-refractivity contribution < 1.29 is 18.0 Å². The molecular weight excluding hydrogens is 557 g/mol. The maximum atomic E-state index is 13.5. The topological polar surface area (TPSA) is 86.8 Å². The van der Waals surface area contributed by atoms with Crippen LogP contribution in [0.4, 0.5) is 5.69 Å². The van der Waals surface area contributed by atoms with Crippen LogP contribution in [0.5, 0.6) is 0 Å². The molecule has 0 bridgehead atoms. The minimum atomic E-state index is -3.61. The van der Waals surface area contributed by atoms with Gasteiger partial charge >= 0.3 is 0 Å². The van der Waals surface area contributed by atoms with Gasteiger partial charge in [0.25, 0.3) is 0 Å². The van der Waals surface area contributed by atoms with Gasteiger partial charge in [0.15, 0.2) is 0 Å². The summed E-state index contributed by atoms with van der Waals surface area (Å²) >= 11 is 18.5. The summed E-state index contributed by atoms with van der Waals surface area (Å²) in [4.78, 5) is 28.1. The molecule has 37 heavy (non-hydrogen) atoms. The Balaban J connectivity index is 2.26. The summed E-state index contributed by atoms with van der Waals surface area (Å²) in [5, 5.41) is 4.23. The molecule has 0 aromatic heterocycles. The molecule has 2 aromatic rings. The number of carbonyl (C=O) groups excluding carboxylic acids is 2. The molecule has 2 aromatic carbocycles. The Labute approximate surface area is 235 Å². The molecule has 204 valence electrons. The van der Waals surface area contributed by atoms with Crippen molar-refractivity contribution in [1.82, 2.24) is 10.2 Å². The van der Waals surface area contributed by atoms with E-state index in [0.29, 0.717) is 32.7 Å². The highest BCUT2D eigenvalue weighted by Crippen LogP contribution is 2.25. The standard InChI is InChI=1S/C26H34Cl3N3O4S/c1-5-18(3)30-26(34)24(6-2)31(17-19-12-13-21(28)16-23(19)29)25(33)11-8-14-32(37(4,35)36)22-10-7-9-20(27)15-22/h7,9-10,12-13,15-16,18,24H,5-6,8,11,14,17H2,1-4H3,(H,30,34)/t18-,24-/m1/s1. The SMILES string of the molecule is CC[C@@H](C)NC(=O)[C@@H](CC)N(Cc1ccc(Cl)cc1Cl)C(=O)CCCN(c1cccc(Cl)c1)S(C)(=O)=O. The Hall–Kier alpha value is -2.00. The average molecular weight is 591 g/mol. The van der Waals surface area contributed by atoms with Gasteiger partial charge in [-0.05, 0) is 62.1 Å². The second-order valence-corrected chi connectivity index (χ2v) is 12.1. The van der Waals surface area contributed by atoms with Crippen molar-refractivity contribution in [2.24, 2.45) is 0 Å². The van der Waals surface area contributed by atoms with Crippen LogP contribution >= 0.6 is 34.8 Å². The summed E-state index contributed by atoms with van der Waals surface area (Å²) in [7, 11) is -3.61. The summed E-state index contributed by atoms with van der Waals surface area (Å²) < 4.78 is 26.1. The Morgan fingerprint density at radius 2 is 1.68 bits per heavy atom. The summed E-state index contributed by atoms with van der Waals surface area (Å²) in [6.45, 7) is 5.91. The van der Waals surface area contributed by atoms with Crippen LogP contribution in [0.3, 0.4) is 0 Å². The molecule has 0 spiro atoms. The van der Waals surface area contributed by atoms with Gasteiger partial charge in [-0.25, -0.2) is 8.42 Å². The van der Waals surface area contributed by atoms with E-state index >= 15 is 0 Å². The van der Waals surface area contributed by atoms with E-state index in [0.717, 1.165) is 12.7 Å². The second kappa shape index (κ2) is 14.2. The predicted octanol–water partition coefficient (Wildman–Crippen LogP) is 5.92. The zero-order chi connectivity index (χ0) is 27.8. The lowest BCUT2D eigenvalue weighted by Crippen LogP contribution is -2.50. The number of nitrogens with one attached hydrogen (secondary N) is 1. The Kier molecular flexibility index (Phi) is 12.0. The summed E-state index contributed by atoms with van der Waals surface area (Å²) in [5.41, 5.74) is 1.08. The monoisotopic (exact) mass is 589 g/mol. The molecule has 0 saturated carbocycles. The Bertz CT molecular complexity index is 1190. The van der Waals surface area contributed by atoms with E-state index in [1.54, 1.807) is 42.5 Å². The fourth-order valence-electron chi connectivity index (χ4n) is 3.83. The van der Waals surface area contributed by atoms with Gasteiger partial charge < -0.3 is 10.2 Å². The molecule has 0 aliphatic carbocycles. The minimum Gasteiger partial charge on any atom is -0.352 e. The average Bonchev–Trinajstić information content (AvgIpc) is 2.81. The highest BCUT2D eigenvalue weighted by molar-refractivity contribution is 7.92. The number of halogens is 3. The molecule has 2 amide bonds. The van der Waals surface area contributed by atoms with Crippen LogP contribution in [0, 0.1) is 0 Å². The minimum absolute atomic E-state index is 0.0326. The normalized spacial score (nSPS) is 13.1. The van der Waals surface area contributed by atoms with Crippen molar-refractivity contribution in [1.29, 1.82) is 0 Å². The molecule has 0 unspecified atom stereocenters. The van der Waals surface area contributed by atoms with Gasteiger partial charge in [0.2, 0.25) is 21.8 Å². The largest absolute Gasteiger partial charge is 0.352 e. The summed E-state index contributed by atoms with van der Waals surface area (Å²) in [6, 6.07) is 10.8. The fourth-order valence-corrected chi connectivity index (χ4v) is 5.44. The zero-order valence-electron chi connectivity index (χ0n) is 21.5. The van der Waals surface area contributed by atoms with Crippen molar-refractivity contribution in [2.75, 3.05) is 17.1 Å². The van der Waals surface area contributed by atoms with Crippen molar-refractivity contribution in [3.8, 4) is 0 Å². The zero-order valence-corrected chi connectivity index (χ0v) is 24.6. The number of nitrogens with zero attached hydrogens (tertiary/aromatic N) is 2. The van der Waals surface area contributed by atoms with Gasteiger partial charge in [-0.3, -0.25) is 13.9 Å². The van der Waals surface area contributed by atoms with Crippen LogP contribution in [-0.4, -0.2) is 50.0 Å². The van der Waals surface area contributed by atoms with Crippen molar-refractivity contribution in [3.63, 3.8) is 0 Å². The van der Waals surface area contributed by atoms with Crippen LogP contribution in [-0.2, 0) is 26.2 Å². The van der Waals surface area contributed by atoms with E-state index in [1.165, 1.54) is 9.21 Å². The third-order valence-electron chi connectivity index (χ3n) is 5.99. The van der Waals surface area contributed by atoms with Crippen LogP contribution in [0.1, 0.15) is 52.0 Å². The molecule has 0 aliphatic heterocycles. The lowest BCUT2D eigenvalue weighted by atomic mass is 10.1. The second-order valence-electron chi connectivity index (χ2n) is 8.92. The molecule has 1 N–H and O–H groups in total. The number of hydrogen-bond acceptors (Lipinski definition) is 4. The van der Waals surface area contributed by atoms with Crippen molar-refractivity contribution >= 4 is 62.3 Å². The highest BCUT2D eigenvalue weighted by atomic mass is 35.5. The van der Waals surface area contributed by atoms with Crippen LogP contribution in [0.2, 0.25) is 15.1 Å². The van der Waals surface area contributed by atoms with Gasteiger partial charge in [-0.2, -0.15) is 0 Å². The molecule has 0 fully saturated rings. The first-order valence-corrected chi connectivity index (χ1v) is 15.1. The lowest BCUT2D eigenvalue weighted by Gasteiger charge is -2.32.